The molecule has 0 spiro atoms. The number of nitro groups is 2. The Bertz CT molecular complexity index is 1090. The normalized spacial score (nSPS) is 10.6. The molecule has 0 bridgehead atoms. The van der Waals surface area contributed by atoms with Gasteiger partial charge in [0.1, 0.15) is 24.8 Å². The summed E-state index contributed by atoms with van der Waals surface area (Å²) in [6.07, 6.45) is 2.39. The van der Waals surface area contributed by atoms with Crippen molar-refractivity contribution in [3.63, 3.8) is 0 Å². The van der Waals surface area contributed by atoms with Crippen molar-refractivity contribution < 1.29 is 23.8 Å². The number of rotatable bonds is 9. The molecule has 3 rings (SSSR count). The maximum Gasteiger partial charge on any atom is 0.311 e. The van der Waals surface area contributed by atoms with Crippen molar-refractivity contribution in [1.29, 1.82) is 0 Å². The molecule has 156 valence electrons. The molecule has 0 aliphatic carbocycles. The fourth-order valence-corrected chi connectivity index (χ4v) is 2.56. The van der Waals surface area contributed by atoms with Gasteiger partial charge in [-0.15, -0.1) is 0 Å². The van der Waals surface area contributed by atoms with E-state index in [-0.39, 0.29) is 42.6 Å². The van der Waals surface area contributed by atoms with Crippen molar-refractivity contribution >= 4 is 17.3 Å². The van der Waals surface area contributed by atoms with Gasteiger partial charge in [-0.05, 0) is 30.7 Å². The zero-order chi connectivity index (χ0) is 21.7. The number of aromatic nitrogens is 2. The summed E-state index contributed by atoms with van der Waals surface area (Å²) in [5, 5.41) is 28.2. The molecular weight excluding hydrogens is 398 g/mol. The summed E-state index contributed by atoms with van der Waals surface area (Å²) in [7, 11) is 0. The number of aryl methyl sites for hydroxylation is 1. The Kier molecular flexibility index (Phi) is 6.05. The van der Waals surface area contributed by atoms with Gasteiger partial charge in [0, 0.05) is 12.6 Å². The second-order valence-corrected chi connectivity index (χ2v) is 6.26. The first-order valence-electron chi connectivity index (χ1n) is 8.75. The van der Waals surface area contributed by atoms with Crippen LogP contribution in [0.1, 0.15) is 21.9 Å². The summed E-state index contributed by atoms with van der Waals surface area (Å²) in [6.45, 7) is 2.07. The molecule has 1 aromatic carbocycles. The second kappa shape index (κ2) is 8.86. The van der Waals surface area contributed by atoms with Crippen LogP contribution < -0.4 is 10.1 Å². The molecule has 1 amide bonds. The van der Waals surface area contributed by atoms with Crippen LogP contribution in [0.3, 0.4) is 0 Å². The number of carbonyl (C=O) groups is 1. The number of nitro benzene ring substituents is 1. The lowest BCUT2D eigenvalue weighted by molar-refractivity contribution is -0.386. The molecule has 12 nitrogen and oxygen atoms in total. The minimum Gasteiger partial charge on any atom is -0.479 e. The van der Waals surface area contributed by atoms with E-state index >= 15 is 0 Å². The summed E-state index contributed by atoms with van der Waals surface area (Å²) in [5.74, 6) is -0.0262. The number of ether oxygens (including phenoxy) is 1. The van der Waals surface area contributed by atoms with Crippen LogP contribution in [0.15, 0.2) is 47.1 Å². The number of nitrogens with one attached hydrogen (secondary N) is 1. The third-order valence-corrected chi connectivity index (χ3v) is 4.02. The molecule has 0 saturated carbocycles. The van der Waals surface area contributed by atoms with Gasteiger partial charge in [0.15, 0.2) is 11.5 Å². The molecule has 12 heteroatoms. The molecule has 0 aliphatic heterocycles. The van der Waals surface area contributed by atoms with Gasteiger partial charge in [-0.2, -0.15) is 5.10 Å². The van der Waals surface area contributed by atoms with Crippen LogP contribution in [0.4, 0.5) is 11.4 Å². The minimum absolute atomic E-state index is 0.0402. The fraction of sp³-hybridized carbons (Fsp3) is 0.222. The molecule has 2 heterocycles. The predicted molar refractivity (Wildman–Crippen MR) is 102 cm³/mol. The number of hydrogen-bond acceptors (Lipinski definition) is 8. The van der Waals surface area contributed by atoms with Crippen LogP contribution in [0.2, 0.25) is 0 Å². The fourth-order valence-electron chi connectivity index (χ4n) is 2.56. The molecule has 0 atom stereocenters. The molecule has 0 radical (unpaired) electrons. The van der Waals surface area contributed by atoms with E-state index in [1.54, 1.807) is 13.0 Å². The van der Waals surface area contributed by atoms with Crippen molar-refractivity contribution in [3.05, 3.63) is 80.0 Å². The van der Waals surface area contributed by atoms with Crippen LogP contribution in [0.25, 0.3) is 0 Å². The van der Waals surface area contributed by atoms with Crippen molar-refractivity contribution in [2.24, 2.45) is 0 Å². The lowest BCUT2D eigenvalue weighted by Gasteiger charge is -2.06. The van der Waals surface area contributed by atoms with Gasteiger partial charge in [-0.3, -0.25) is 29.7 Å². The number of hydrogen-bond donors (Lipinski definition) is 1. The van der Waals surface area contributed by atoms with Gasteiger partial charge in [-0.25, -0.2) is 0 Å². The highest BCUT2D eigenvalue weighted by Crippen LogP contribution is 2.28. The molecule has 1 N–H and O–H groups in total. The van der Waals surface area contributed by atoms with E-state index in [2.05, 4.69) is 10.4 Å². The standard InChI is InChI=1S/C18H17N5O7/c1-12-2-4-16(15(8-12)23(27)28)29-11-14-3-5-17(30-14)18(24)19-6-7-21-10-13(9-20-21)22(25)26/h2-5,8-10H,6-7,11H2,1H3,(H,19,24). The molecule has 0 fully saturated rings. The van der Waals surface area contributed by atoms with Gasteiger partial charge in [-0.1, -0.05) is 6.07 Å². The van der Waals surface area contributed by atoms with Crippen molar-refractivity contribution in [3.8, 4) is 5.75 Å². The first-order valence-corrected chi connectivity index (χ1v) is 8.75. The summed E-state index contributed by atoms with van der Waals surface area (Å²) in [4.78, 5) is 32.8. The summed E-state index contributed by atoms with van der Waals surface area (Å²) < 4.78 is 12.2. The Morgan fingerprint density at radius 3 is 2.73 bits per heavy atom. The Hall–Kier alpha value is -4.22. The van der Waals surface area contributed by atoms with E-state index in [1.807, 2.05) is 0 Å². The van der Waals surface area contributed by atoms with Gasteiger partial charge in [0.05, 0.1) is 16.4 Å². The van der Waals surface area contributed by atoms with Crippen molar-refractivity contribution in [2.75, 3.05) is 6.54 Å². The van der Waals surface area contributed by atoms with Crippen LogP contribution in [-0.4, -0.2) is 32.1 Å². The lowest BCUT2D eigenvalue weighted by Crippen LogP contribution is -2.27. The van der Waals surface area contributed by atoms with Gasteiger partial charge in [0.2, 0.25) is 0 Å². The SMILES string of the molecule is Cc1ccc(OCc2ccc(C(=O)NCCn3cc([N+](=O)[O-])cn3)o2)c([N+](=O)[O-])c1. The summed E-state index contributed by atoms with van der Waals surface area (Å²) in [5.41, 5.74) is 0.444. The van der Waals surface area contributed by atoms with Crippen LogP contribution in [0.5, 0.6) is 5.75 Å². The van der Waals surface area contributed by atoms with Crippen molar-refractivity contribution in [2.45, 2.75) is 20.1 Å². The Morgan fingerprint density at radius 2 is 2.03 bits per heavy atom. The van der Waals surface area contributed by atoms with Gasteiger partial charge in [0.25, 0.3) is 5.91 Å². The largest absolute Gasteiger partial charge is 0.479 e. The van der Waals surface area contributed by atoms with E-state index in [0.29, 0.717) is 5.76 Å². The molecule has 2 aromatic heterocycles. The predicted octanol–water partition coefficient (Wildman–Crippen LogP) is 2.61. The van der Waals surface area contributed by atoms with E-state index in [9.17, 15) is 25.0 Å². The van der Waals surface area contributed by atoms with Gasteiger partial charge >= 0.3 is 11.4 Å². The number of carbonyl (C=O) groups excluding carboxylic acids is 1. The van der Waals surface area contributed by atoms with E-state index in [4.69, 9.17) is 9.15 Å². The third kappa shape index (κ3) is 4.98. The second-order valence-electron chi connectivity index (χ2n) is 6.26. The van der Waals surface area contributed by atoms with E-state index < -0.39 is 15.8 Å². The summed E-state index contributed by atoms with van der Waals surface area (Å²) >= 11 is 0. The summed E-state index contributed by atoms with van der Waals surface area (Å²) in [6, 6.07) is 7.59. The molecule has 30 heavy (non-hydrogen) atoms. The Balaban J connectivity index is 1.52. The topological polar surface area (TPSA) is 156 Å². The maximum atomic E-state index is 12.1. The highest BCUT2D eigenvalue weighted by Gasteiger charge is 2.17. The average Bonchev–Trinajstić information content (AvgIpc) is 3.36. The third-order valence-electron chi connectivity index (χ3n) is 4.02. The van der Waals surface area contributed by atoms with Crippen LogP contribution >= 0.6 is 0 Å². The lowest BCUT2D eigenvalue weighted by atomic mass is 10.2. The Labute approximate surface area is 169 Å². The molecule has 3 aromatic rings. The average molecular weight is 415 g/mol. The first kappa shape index (κ1) is 20.5. The quantitative estimate of drug-likeness (QED) is 0.413. The number of benzene rings is 1. The van der Waals surface area contributed by atoms with Crippen LogP contribution in [-0.2, 0) is 13.2 Å². The number of nitrogens with zero attached hydrogens (tertiary/aromatic N) is 4. The van der Waals surface area contributed by atoms with Crippen LogP contribution in [0, 0.1) is 27.2 Å². The highest BCUT2D eigenvalue weighted by atomic mass is 16.6. The maximum absolute atomic E-state index is 12.1. The van der Waals surface area contributed by atoms with E-state index in [1.165, 1.54) is 35.1 Å². The monoisotopic (exact) mass is 415 g/mol. The Morgan fingerprint density at radius 1 is 1.23 bits per heavy atom. The highest BCUT2D eigenvalue weighted by molar-refractivity contribution is 5.91. The van der Waals surface area contributed by atoms with Crippen molar-refractivity contribution in [1.82, 2.24) is 15.1 Å². The van der Waals surface area contributed by atoms with Gasteiger partial charge < -0.3 is 14.5 Å². The zero-order valence-electron chi connectivity index (χ0n) is 15.8. The number of amides is 1. The molecule has 0 saturated heterocycles. The zero-order valence-corrected chi connectivity index (χ0v) is 15.8. The number of furan rings is 1. The molecular formula is C18H17N5O7. The smallest absolute Gasteiger partial charge is 0.311 e. The molecule has 0 unspecified atom stereocenters. The van der Waals surface area contributed by atoms with E-state index in [0.717, 1.165) is 11.8 Å². The minimum atomic E-state index is -0.556. The first-order chi connectivity index (χ1) is 14.3. The molecule has 0 aliphatic rings.